The van der Waals surface area contributed by atoms with E-state index in [1.165, 1.54) is 30.5 Å². The van der Waals surface area contributed by atoms with Gasteiger partial charge >= 0.3 is 7.60 Å². The van der Waals surface area contributed by atoms with Crippen molar-refractivity contribution in [1.29, 1.82) is 0 Å². The molecule has 20 heavy (non-hydrogen) atoms. The van der Waals surface area contributed by atoms with Gasteiger partial charge in [-0.3, -0.25) is 4.57 Å². The summed E-state index contributed by atoms with van der Waals surface area (Å²) < 4.78 is 28.5. The van der Waals surface area contributed by atoms with Gasteiger partial charge in [0.05, 0.1) is 0 Å². The van der Waals surface area contributed by atoms with Gasteiger partial charge in [-0.15, -0.1) is 0 Å². The monoisotopic (exact) mass is 314 g/mol. The largest absolute Gasteiger partial charge is 0.427 e. The normalized spacial score (nSPS) is 16.9. The molecular weight excluding hydrogens is 302 g/mol. The van der Waals surface area contributed by atoms with Crippen LogP contribution in [0.15, 0.2) is 42.6 Å². The summed E-state index contributed by atoms with van der Waals surface area (Å²) in [6.45, 7) is 1.12. The molecule has 7 nitrogen and oxygen atoms in total. The maximum atomic E-state index is 12.0. The zero-order valence-electron chi connectivity index (χ0n) is 10.4. The third kappa shape index (κ3) is 3.52. The first-order valence-electron chi connectivity index (χ1n) is 5.51. The molecule has 0 bridgehead atoms. The molecule has 2 unspecified atom stereocenters. The molecule has 2 atom stereocenters. The second kappa shape index (κ2) is 5.46. The van der Waals surface area contributed by atoms with Crippen LogP contribution < -0.4 is 15.4 Å². The van der Waals surface area contributed by atoms with Gasteiger partial charge in [-0.2, -0.15) is 0 Å². The number of hydrogen-bond donors (Lipinski definition) is 2. The molecule has 0 aliphatic heterocycles. The van der Waals surface area contributed by atoms with Gasteiger partial charge in [-0.1, -0.05) is 12.1 Å². The first kappa shape index (κ1) is 14.9. The van der Waals surface area contributed by atoms with Crippen LogP contribution in [-0.4, -0.2) is 26.4 Å². The molecule has 0 amide bonds. The van der Waals surface area contributed by atoms with Crippen molar-refractivity contribution in [2.24, 2.45) is 0 Å². The topological polar surface area (TPSA) is 110 Å². The summed E-state index contributed by atoms with van der Waals surface area (Å²) in [6, 6.07) is 8.58. The molecule has 0 aliphatic carbocycles. The minimum Gasteiger partial charge on any atom is -0.402 e. The van der Waals surface area contributed by atoms with E-state index in [1.54, 1.807) is 12.1 Å². The summed E-state index contributed by atoms with van der Waals surface area (Å²) in [7, 11) is -7.74. The lowest BCUT2D eigenvalue weighted by Crippen LogP contribution is -2.15. The Bertz CT molecular complexity index is 701. The Labute approximate surface area is 115 Å². The molecule has 0 saturated carbocycles. The van der Waals surface area contributed by atoms with Crippen molar-refractivity contribution in [3.05, 3.63) is 42.6 Å². The minimum atomic E-state index is -4.18. The maximum absolute atomic E-state index is 12.0. The molecule has 2 aromatic heterocycles. The second-order valence-electron chi connectivity index (χ2n) is 4.01. The van der Waals surface area contributed by atoms with Crippen LogP contribution in [0.1, 0.15) is 0 Å². The Kier molecular flexibility index (Phi) is 4.06. The summed E-state index contributed by atoms with van der Waals surface area (Å²) in [4.78, 5) is 26.8. The number of rotatable bonds is 4. The predicted molar refractivity (Wildman–Crippen MR) is 73.9 cm³/mol. The fourth-order valence-electron chi connectivity index (χ4n) is 1.38. The van der Waals surface area contributed by atoms with Gasteiger partial charge in [0.15, 0.2) is 5.44 Å². The van der Waals surface area contributed by atoms with Crippen molar-refractivity contribution in [3.63, 3.8) is 0 Å². The van der Waals surface area contributed by atoms with E-state index in [1.807, 2.05) is 0 Å². The minimum absolute atomic E-state index is 0.101. The van der Waals surface area contributed by atoms with E-state index in [4.69, 9.17) is 4.52 Å². The second-order valence-corrected chi connectivity index (χ2v) is 7.91. The summed E-state index contributed by atoms with van der Waals surface area (Å²) >= 11 is 0. The molecule has 0 saturated heterocycles. The van der Waals surface area contributed by atoms with Gasteiger partial charge < -0.3 is 14.3 Å². The van der Waals surface area contributed by atoms with Crippen LogP contribution in [0, 0.1) is 0 Å². The van der Waals surface area contributed by atoms with Crippen molar-refractivity contribution in [2.45, 2.75) is 0 Å². The molecule has 106 valence electrons. The zero-order chi connectivity index (χ0) is 14.8. The third-order valence-electron chi connectivity index (χ3n) is 2.29. The van der Waals surface area contributed by atoms with Crippen molar-refractivity contribution >= 4 is 25.8 Å². The Morgan fingerprint density at radius 1 is 1.05 bits per heavy atom. The smallest absolute Gasteiger partial charge is 0.402 e. The molecule has 0 aliphatic rings. The SMILES string of the molecule is CP(=O)(O)c1cccc(OP(=O)(O)c2ccccn2)n1. The first-order valence-corrected chi connectivity index (χ1v) is 9.19. The lowest BCUT2D eigenvalue weighted by molar-refractivity contribution is 0.386. The highest BCUT2D eigenvalue weighted by Gasteiger charge is 2.27. The quantitative estimate of drug-likeness (QED) is 0.806. The van der Waals surface area contributed by atoms with Crippen LogP contribution in [0.25, 0.3) is 0 Å². The van der Waals surface area contributed by atoms with Crippen LogP contribution in [0.3, 0.4) is 0 Å². The lowest BCUT2D eigenvalue weighted by atomic mass is 10.5. The molecule has 9 heteroatoms. The Morgan fingerprint density at radius 3 is 2.35 bits per heavy atom. The summed E-state index contributed by atoms with van der Waals surface area (Å²) in [5, 5.41) is 0. The van der Waals surface area contributed by atoms with E-state index < -0.39 is 15.0 Å². The van der Waals surface area contributed by atoms with Crippen LogP contribution in [-0.2, 0) is 9.13 Å². The summed E-state index contributed by atoms with van der Waals surface area (Å²) in [5.74, 6) is -0.213. The molecular formula is C11H12N2O5P2. The molecule has 0 aromatic carbocycles. The van der Waals surface area contributed by atoms with Crippen molar-refractivity contribution in [3.8, 4) is 5.88 Å². The van der Waals surface area contributed by atoms with E-state index >= 15 is 0 Å². The molecule has 2 aromatic rings. The van der Waals surface area contributed by atoms with Gasteiger partial charge in [0, 0.05) is 18.9 Å². The van der Waals surface area contributed by atoms with E-state index in [9.17, 15) is 18.9 Å². The van der Waals surface area contributed by atoms with Gasteiger partial charge in [-0.05, 0) is 18.2 Å². The van der Waals surface area contributed by atoms with Crippen LogP contribution >= 0.6 is 15.0 Å². The number of aromatic nitrogens is 2. The number of nitrogens with zero attached hydrogens (tertiary/aromatic N) is 2. The van der Waals surface area contributed by atoms with Crippen LogP contribution in [0.5, 0.6) is 5.88 Å². The van der Waals surface area contributed by atoms with Gasteiger partial charge in [-0.25, -0.2) is 14.5 Å². The van der Waals surface area contributed by atoms with E-state index in [0.29, 0.717) is 0 Å². The predicted octanol–water partition coefficient (Wildman–Crippen LogP) is 0.892. The maximum Gasteiger partial charge on any atom is 0.427 e. The van der Waals surface area contributed by atoms with Gasteiger partial charge in [0.1, 0.15) is 5.44 Å². The van der Waals surface area contributed by atoms with E-state index in [-0.39, 0.29) is 16.8 Å². The average Bonchev–Trinajstić information content (AvgIpc) is 2.38. The van der Waals surface area contributed by atoms with Crippen LogP contribution in [0.4, 0.5) is 0 Å². The van der Waals surface area contributed by atoms with Gasteiger partial charge in [0.25, 0.3) is 0 Å². The molecule has 0 radical (unpaired) electrons. The number of pyridine rings is 2. The summed E-state index contributed by atoms with van der Waals surface area (Å²) in [6.07, 6.45) is 1.36. The Hall–Kier alpha value is -1.52. The fraction of sp³-hybridized carbons (Fsp3) is 0.0909. The fourth-order valence-corrected chi connectivity index (χ4v) is 2.96. The molecule has 2 rings (SSSR count). The highest BCUT2D eigenvalue weighted by Crippen LogP contribution is 2.40. The highest BCUT2D eigenvalue weighted by atomic mass is 31.2. The lowest BCUT2D eigenvalue weighted by Gasteiger charge is -2.12. The van der Waals surface area contributed by atoms with Crippen LogP contribution in [0.2, 0.25) is 0 Å². The van der Waals surface area contributed by atoms with Crippen molar-refractivity contribution < 1.29 is 23.4 Å². The Morgan fingerprint density at radius 2 is 1.75 bits per heavy atom. The summed E-state index contributed by atoms with van der Waals surface area (Å²) in [5.41, 5.74) is -0.230. The highest BCUT2D eigenvalue weighted by molar-refractivity contribution is 7.65. The Balaban J connectivity index is 2.31. The first-order chi connectivity index (χ1) is 9.29. The molecule has 2 N–H and O–H groups in total. The van der Waals surface area contributed by atoms with E-state index in [2.05, 4.69) is 9.97 Å². The van der Waals surface area contributed by atoms with Crippen molar-refractivity contribution in [1.82, 2.24) is 9.97 Å². The van der Waals surface area contributed by atoms with Gasteiger partial charge in [0.2, 0.25) is 13.2 Å². The molecule has 0 spiro atoms. The average molecular weight is 314 g/mol. The number of hydrogen-bond acceptors (Lipinski definition) is 5. The molecule has 2 heterocycles. The van der Waals surface area contributed by atoms with Crippen molar-refractivity contribution in [2.75, 3.05) is 6.66 Å². The standard InChI is InChI=1S/C11H12N2O5P2/c1-19(14,15)11-7-4-5-9(13-11)18-20(16,17)10-6-2-3-8-12-10/h2-8H,1H3,(H,14,15)(H,16,17). The molecule has 0 fully saturated rings. The zero-order valence-corrected chi connectivity index (χ0v) is 12.2. The van der Waals surface area contributed by atoms with E-state index in [0.717, 1.165) is 6.66 Å². The third-order valence-corrected chi connectivity index (χ3v) is 4.67.